The van der Waals surface area contributed by atoms with E-state index in [-0.39, 0.29) is 17.3 Å². The number of likely N-dealkylation sites (tertiary alicyclic amines) is 1. The number of rotatable bonds is 2. The summed E-state index contributed by atoms with van der Waals surface area (Å²) >= 11 is 0. The van der Waals surface area contributed by atoms with Gasteiger partial charge in [0.05, 0.1) is 0 Å². The highest BCUT2D eigenvalue weighted by atomic mass is 16.5. The van der Waals surface area contributed by atoms with Crippen LogP contribution in [0, 0.1) is 5.92 Å². The van der Waals surface area contributed by atoms with Crippen LogP contribution in [0.4, 0.5) is 0 Å². The molecule has 2 N–H and O–H groups in total. The number of aliphatic hydroxyl groups is 1. The van der Waals surface area contributed by atoms with Gasteiger partial charge in [-0.05, 0) is 44.9 Å². The molecular weight excluding hydrogens is 314 g/mol. The molecule has 0 saturated carbocycles. The topological polar surface area (TPSA) is 52.9 Å². The van der Waals surface area contributed by atoms with Crippen molar-refractivity contribution < 1.29 is 14.9 Å². The Bertz CT molecular complexity index is 795. The zero-order valence-corrected chi connectivity index (χ0v) is 14.8. The molecule has 5 rings (SSSR count). The summed E-state index contributed by atoms with van der Waals surface area (Å²) < 4.78 is 6.17. The summed E-state index contributed by atoms with van der Waals surface area (Å²) in [4.78, 5) is 2.58. The Morgan fingerprint density at radius 1 is 1.36 bits per heavy atom. The van der Waals surface area contributed by atoms with Crippen LogP contribution < -0.4 is 4.74 Å². The van der Waals surface area contributed by atoms with Crippen LogP contribution in [0.2, 0.25) is 0 Å². The Morgan fingerprint density at radius 3 is 3.00 bits per heavy atom. The second-order valence-electron chi connectivity index (χ2n) is 8.23. The number of allylic oxidation sites excluding steroid dienone is 1. The Morgan fingerprint density at radius 2 is 2.20 bits per heavy atom. The van der Waals surface area contributed by atoms with Crippen LogP contribution in [0.25, 0.3) is 0 Å². The summed E-state index contributed by atoms with van der Waals surface area (Å²) in [7, 11) is 0. The average Bonchev–Trinajstić information content (AvgIpc) is 2.93. The van der Waals surface area contributed by atoms with E-state index in [1.807, 2.05) is 6.08 Å². The number of phenolic OH excluding ortho intramolecular Hbond substituents is 1. The van der Waals surface area contributed by atoms with Gasteiger partial charge in [0.15, 0.2) is 11.5 Å². The van der Waals surface area contributed by atoms with Gasteiger partial charge in [-0.3, -0.25) is 4.90 Å². The molecule has 2 heterocycles. The van der Waals surface area contributed by atoms with Crippen LogP contribution >= 0.6 is 0 Å². The second kappa shape index (κ2) is 5.12. The Kier molecular flexibility index (Phi) is 3.17. The monoisotopic (exact) mass is 339 g/mol. The van der Waals surface area contributed by atoms with Gasteiger partial charge in [0.1, 0.15) is 12.2 Å². The van der Waals surface area contributed by atoms with E-state index in [9.17, 15) is 10.2 Å². The van der Waals surface area contributed by atoms with Gasteiger partial charge >= 0.3 is 0 Å². The molecule has 4 aliphatic rings. The normalized spacial score (nSPS) is 37.4. The van der Waals surface area contributed by atoms with Crippen molar-refractivity contribution in [2.24, 2.45) is 5.92 Å². The molecule has 4 heteroatoms. The van der Waals surface area contributed by atoms with Gasteiger partial charge in [-0.25, -0.2) is 0 Å². The predicted molar refractivity (Wildman–Crippen MR) is 96.0 cm³/mol. The maximum Gasteiger partial charge on any atom is 0.165 e. The predicted octanol–water partition coefficient (Wildman–Crippen LogP) is 2.53. The molecule has 2 aliphatic heterocycles. The molecule has 0 unspecified atom stereocenters. The molecule has 4 nitrogen and oxygen atoms in total. The minimum absolute atomic E-state index is 0.192. The van der Waals surface area contributed by atoms with Crippen molar-refractivity contribution in [1.29, 1.82) is 0 Å². The lowest BCUT2D eigenvalue weighted by atomic mass is 9.53. The molecule has 1 fully saturated rings. The van der Waals surface area contributed by atoms with Crippen molar-refractivity contribution in [3.8, 4) is 11.5 Å². The molecule has 25 heavy (non-hydrogen) atoms. The molecule has 1 aromatic rings. The summed E-state index contributed by atoms with van der Waals surface area (Å²) in [5.74, 6) is 1.15. The minimum Gasteiger partial charge on any atom is -0.504 e. The lowest BCUT2D eigenvalue weighted by Gasteiger charge is -2.57. The maximum absolute atomic E-state index is 10.6. The first-order valence-electron chi connectivity index (χ1n) is 9.28. The van der Waals surface area contributed by atoms with E-state index in [1.54, 1.807) is 6.07 Å². The number of aromatic hydroxyl groups is 1. The zero-order chi connectivity index (χ0) is 17.3. The summed E-state index contributed by atoms with van der Waals surface area (Å²) in [5, 5.41) is 21.0. The van der Waals surface area contributed by atoms with Crippen LogP contribution in [0.5, 0.6) is 11.5 Å². The van der Waals surface area contributed by atoms with E-state index >= 15 is 0 Å². The van der Waals surface area contributed by atoms with Crippen LogP contribution in [0.15, 0.2) is 35.9 Å². The van der Waals surface area contributed by atoms with Gasteiger partial charge < -0.3 is 14.9 Å². The fourth-order valence-corrected chi connectivity index (χ4v) is 5.66. The molecule has 0 radical (unpaired) electrons. The minimum atomic E-state index is -0.612. The van der Waals surface area contributed by atoms with E-state index < -0.39 is 6.10 Å². The number of piperidine rings is 1. The largest absolute Gasteiger partial charge is 0.504 e. The summed E-state index contributed by atoms with van der Waals surface area (Å²) in [6, 6.07) is 4.22. The molecule has 0 aromatic heterocycles. The Hall–Kier alpha value is -1.78. The highest BCUT2D eigenvalue weighted by Crippen LogP contribution is 2.62. The van der Waals surface area contributed by atoms with Crippen molar-refractivity contribution >= 4 is 0 Å². The summed E-state index contributed by atoms with van der Waals surface area (Å²) in [6.07, 6.45) is 7.46. The molecule has 1 saturated heterocycles. The van der Waals surface area contributed by atoms with Crippen molar-refractivity contribution in [3.05, 3.63) is 47.1 Å². The number of ether oxygens (including phenoxy) is 1. The SMILES string of the molecule is CC(C)=CCN1CC[C@]23c4c5ccc(O)c4O[C@H]2[C@@H](O)C=C[C@H]3[C@H]1C5. The van der Waals surface area contributed by atoms with E-state index in [1.165, 1.54) is 16.7 Å². The first-order valence-corrected chi connectivity index (χ1v) is 9.28. The van der Waals surface area contributed by atoms with Crippen LogP contribution in [0.3, 0.4) is 0 Å². The number of aliphatic hydroxyl groups excluding tert-OH is 1. The lowest BCUT2D eigenvalue weighted by molar-refractivity contribution is -0.0488. The van der Waals surface area contributed by atoms with E-state index in [0.29, 0.717) is 17.7 Å². The van der Waals surface area contributed by atoms with Gasteiger partial charge in [-0.1, -0.05) is 29.9 Å². The van der Waals surface area contributed by atoms with E-state index in [4.69, 9.17) is 4.74 Å². The van der Waals surface area contributed by atoms with Crippen LogP contribution in [-0.4, -0.2) is 46.5 Å². The van der Waals surface area contributed by atoms with Gasteiger partial charge in [-0.2, -0.15) is 0 Å². The summed E-state index contributed by atoms with van der Waals surface area (Å²) in [5.41, 5.74) is 3.60. The fraction of sp³-hybridized carbons (Fsp3) is 0.524. The molecule has 2 aliphatic carbocycles. The smallest absolute Gasteiger partial charge is 0.165 e. The second-order valence-corrected chi connectivity index (χ2v) is 8.23. The fourth-order valence-electron chi connectivity index (χ4n) is 5.66. The maximum atomic E-state index is 10.6. The van der Waals surface area contributed by atoms with Gasteiger partial charge in [-0.15, -0.1) is 0 Å². The van der Waals surface area contributed by atoms with Gasteiger partial charge in [0.2, 0.25) is 0 Å². The summed E-state index contributed by atoms with van der Waals surface area (Å²) in [6.45, 7) is 6.27. The third kappa shape index (κ3) is 1.90. The van der Waals surface area contributed by atoms with Gasteiger partial charge in [0.25, 0.3) is 0 Å². The molecule has 1 spiro atoms. The highest BCUT2D eigenvalue weighted by Gasteiger charge is 2.64. The van der Waals surface area contributed by atoms with Crippen molar-refractivity contribution in [1.82, 2.24) is 4.90 Å². The van der Waals surface area contributed by atoms with Crippen molar-refractivity contribution in [2.75, 3.05) is 13.1 Å². The van der Waals surface area contributed by atoms with Gasteiger partial charge in [0, 0.05) is 29.5 Å². The molecule has 5 atom stereocenters. The quantitative estimate of drug-likeness (QED) is 0.813. The number of nitrogens with zero attached hydrogens (tertiary/aromatic N) is 1. The number of benzene rings is 1. The molecule has 1 aromatic carbocycles. The molecular formula is C21H25NO3. The van der Waals surface area contributed by atoms with Crippen LogP contribution in [0.1, 0.15) is 31.4 Å². The molecule has 2 bridgehead atoms. The van der Waals surface area contributed by atoms with Crippen LogP contribution in [-0.2, 0) is 11.8 Å². The highest BCUT2D eigenvalue weighted by molar-refractivity contribution is 5.61. The molecule has 132 valence electrons. The Labute approximate surface area is 148 Å². The average molecular weight is 339 g/mol. The lowest BCUT2D eigenvalue weighted by Crippen LogP contribution is -2.65. The standard InChI is InChI=1S/C21H25NO3/c1-12(2)7-9-22-10-8-21-14-4-6-17(24)20(21)25-19-16(23)5-3-13(18(19)21)11-15(14)22/h3-7,14-15,17,20,23-24H,8-11H2,1-2H3/t14-,15+,17-,20-,21-/m0/s1. The molecule has 0 amide bonds. The van der Waals surface area contributed by atoms with Crippen molar-refractivity contribution in [3.63, 3.8) is 0 Å². The third-order valence-corrected chi connectivity index (χ3v) is 6.72. The first kappa shape index (κ1) is 15.5. The third-order valence-electron chi connectivity index (χ3n) is 6.72. The number of phenols is 1. The number of hydrogen-bond acceptors (Lipinski definition) is 4. The van der Waals surface area contributed by atoms with E-state index in [2.05, 4.69) is 37.0 Å². The van der Waals surface area contributed by atoms with E-state index in [0.717, 1.165) is 25.9 Å². The zero-order valence-electron chi connectivity index (χ0n) is 14.8. The Balaban J connectivity index is 1.67. The first-order chi connectivity index (χ1) is 12.0. The number of hydrogen-bond donors (Lipinski definition) is 2. The van der Waals surface area contributed by atoms with Crippen molar-refractivity contribution in [2.45, 2.75) is 50.4 Å².